The van der Waals surface area contributed by atoms with Crippen LogP contribution >= 0.6 is 0 Å². The lowest BCUT2D eigenvalue weighted by Gasteiger charge is -2.24. The van der Waals surface area contributed by atoms with Crippen molar-refractivity contribution in [2.75, 3.05) is 0 Å². The largest absolute Gasteiger partial charge is 0.487 e. The molecule has 53 heavy (non-hydrogen) atoms. The SMILES string of the molecule is C=CC(=O)OC(CCCCCCCC)Oc1ccc(-c2ccc(OC(=O)c3ccc(OC(CCCCCCCC)C4CC(=C)C(=O)O4)cc3)cc2)cc1. The number of unbranched alkanes of at least 4 members (excludes halogenated alkanes) is 10. The summed E-state index contributed by atoms with van der Waals surface area (Å²) in [5, 5.41) is 0. The van der Waals surface area contributed by atoms with Gasteiger partial charge < -0.3 is 23.7 Å². The van der Waals surface area contributed by atoms with Crippen LogP contribution in [0.15, 0.2) is 97.6 Å². The zero-order chi connectivity index (χ0) is 37.8. The summed E-state index contributed by atoms with van der Waals surface area (Å²) in [7, 11) is 0. The highest BCUT2D eigenvalue weighted by atomic mass is 16.7. The van der Waals surface area contributed by atoms with E-state index >= 15 is 0 Å². The second-order valence-electron chi connectivity index (χ2n) is 13.7. The minimum absolute atomic E-state index is 0.293. The number of carbonyl (C=O) groups is 3. The number of esters is 3. The van der Waals surface area contributed by atoms with Gasteiger partial charge in [-0.1, -0.05) is 115 Å². The molecule has 0 saturated carbocycles. The molecular weight excluding hydrogens is 668 g/mol. The number of carbonyl (C=O) groups excluding carboxylic acids is 3. The summed E-state index contributed by atoms with van der Waals surface area (Å²) in [5.41, 5.74) is 2.75. The third-order valence-corrected chi connectivity index (χ3v) is 9.36. The van der Waals surface area contributed by atoms with Crippen LogP contribution in [-0.4, -0.2) is 36.4 Å². The van der Waals surface area contributed by atoms with Gasteiger partial charge in [-0.15, -0.1) is 0 Å². The van der Waals surface area contributed by atoms with Crippen molar-refractivity contribution in [3.05, 3.63) is 103 Å². The molecule has 3 aromatic carbocycles. The van der Waals surface area contributed by atoms with Crippen LogP contribution < -0.4 is 14.2 Å². The van der Waals surface area contributed by atoms with Crippen molar-refractivity contribution in [1.29, 1.82) is 0 Å². The van der Waals surface area contributed by atoms with Crippen LogP contribution in [-0.2, 0) is 19.1 Å². The fourth-order valence-corrected chi connectivity index (χ4v) is 6.26. The van der Waals surface area contributed by atoms with E-state index in [1.54, 1.807) is 36.4 Å². The highest BCUT2D eigenvalue weighted by Gasteiger charge is 2.35. The standard InChI is InChI=1S/C45H56O8/c1-5-8-10-12-14-16-18-40(41-32-33(4)44(47)52-41)49-37-30-24-36(25-31-37)45(48)51-39-28-22-35(23-29-39)34-20-26-38(27-21-34)50-43(53-42(46)7-3)19-17-15-13-11-9-6-2/h7,20-31,40-41,43H,3-6,8-19,32H2,1-2H3. The average Bonchev–Trinajstić information content (AvgIpc) is 3.51. The maximum absolute atomic E-state index is 13.0. The normalized spacial score (nSPS) is 14.9. The number of hydrogen-bond acceptors (Lipinski definition) is 8. The Bertz CT molecular complexity index is 1580. The first-order valence-electron chi connectivity index (χ1n) is 19.4. The van der Waals surface area contributed by atoms with Crippen LogP contribution in [0.5, 0.6) is 17.2 Å². The molecule has 0 N–H and O–H groups in total. The molecule has 0 spiro atoms. The smallest absolute Gasteiger partial charge is 0.343 e. The third kappa shape index (κ3) is 13.9. The summed E-state index contributed by atoms with van der Waals surface area (Å²) in [6.45, 7) is 11.7. The highest BCUT2D eigenvalue weighted by Crippen LogP contribution is 2.29. The van der Waals surface area contributed by atoms with Crippen molar-refractivity contribution < 1.29 is 38.1 Å². The predicted molar refractivity (Wildman–Crippen MR) is 208 cm³/mol. The molecular formula is C45H56O8. The molecule has 8 nitrogen and oxygen atoms in total. The zero-order valence-corrected chi connectivity index (χ0v) is 31.5. The molecule has 0 aliphatic carbocycles. The number of benzene rings is 3. The summed E-state index contributed by atoms with van der Waals surface area (Å²) in [5.74, 6) is 0.264. The molecule has 1 aliphatic rings. The van der Waals surface area contributed by atoms with Crippen LogP contribution in [0.3, 0.4) is 0 Å². The van der Waals surface area contributed by atoms with Crippen molar-refractivity contribution in [3.8, 4) is 28.4 Å². The Morgan fingerprint density at radius 1 is 0.717 bits per heavy atom. The van der Waals surface area contributed by atoms with Crippen molar-refractivity contribution >= 4 is 17.9 Å². The minimum atomic E-state index is -0.679. The topological polar surface area (TPSA) is 97.4 Å². The van der Waals surface area contributed by atoms with Gasteiger partial charge in [0.1, 0.15) is 29.5 Å². The Balaban J connectivity index is 1.29. The van der Waals surface area contributed by atoms with E-state index in [1.807, 2.05) is 36.4 Å². The quantitative estimate of drug-likeness (QED) is 0.0296. The van der Waals surface area contributed by atoms with Crippen molar-refractivity contribution in [1.82, 2.24) is 0 Å². The molecule has 1 saturated heterocycles. The van der Waals surface area contributed by atoms with Crippen LogP contribution in [0.25, 0.3) is 11.1 Å². The Labute approximate surface area is 315 Å². The van der Waals surface area contributed by atoms with Crippen molar-refractivity contribution in [2.24, 2.45) is 0 Å². The molecule has 0 amide bonds. The number of hydrogen-bond donors (Lipinski definition) is 0. The second-order valence-corrected chi connectivity index (χ2v) is 13.7. The first kappa shape index (κ1) is 40.9. The van der Waals surface area contributed by atoms with Crippen LogP contribution in [0.2, 0.25) is 0 Å². The van der Waals surface area contributed by atoms with Gasteiger partial charge in [0.05, 0.1) is 5.56 Å². The molecule has 0 bridgehead atoms. The van der Waals surface area contributed by atoms with Gasteiger partial charge in [0.25, 0.3) is 0 Å². The Morgan fingerprint density at radius 3 is 1.77 bits per heavy atom. The summed E-state index contributed by atoms with van der Waals surface area (Å²) >= 11 is 0. The minimum Gasteiger partial charge on any atom is -0.487 e. The number of rotatable bonds is 24. The molecule has 3 unspecified atom stereocenters. The van der Waals surface area contributed by atoms with E-state index in [-0.39, 0.29) is 18.2 Å². The van der Waals surface area contributed by atoms with Gasteiger partial charge in [-0.25, -0.2) is 14.4 Å². The Hall–Kier alpha value is -4.85. The van der Waals surface area contributed by atoms with E-state index in [0.29, 0.717) is 41.2 Å². The molecule has 3 atom stereocenters. The zero-order valence-electron chi connectivity index (χ0n) is 31.5. The maximum Gasteiger partial charge on any atom is 0.343 e. The molecule has 3 aromatic rings. The van der Waals surface area contributed by atoms with Crippen molar-refractivity contribution in [3.63, 3.8) is 0 Å². The lowest BCUT2D eigenvalue weighted by molar-refractivity contribution is -0.158. The summed E-state index contributed by atoms with van der Waals surface area (Å²) in [4.78, 5) is 36.9. The van der Waals surface area contributed by atoms with Crippen LogP contribution in [0, 0.1) is 0 Å². The van der Waals surface area contributed by atoms with E-state index in [1.165, 1.54) is 44.9 Å². The summed E-state index contributed by atoms with van der Waals surface area (Å²) in [6.07, 6.45) is 15.3. The van der Waals surface area contributed by atoms with E-state index in [4.69, 9.17) is 23.7 Å². The number of ether oxygens (including phenoxy) is 5. The van der Waals surface area contributed by atoms with Gasteiger partial charge in [-0.05, 0) is 78.9 Å². The predicted octanol–water partition coefficient (Wildman–Crippen LogP) is 11.1. The molecule has 0 radical (unpaired) electrons. The molecule has 1 fully saturated rings. The van der Waals surface area contributed by atoms with E-state index in [9.17, 15) is 14.4 Å². The first-order chi connectivity index (χ1) is 25.8. The van der Waals surface area contributed by atoms with Gasteiger partial charge >= 0.3 is 17.9 Å². The maximum atomic E-state index is 13.0. The summed E-state index contributed by atoms with van der Waals surface area (Å²) in [6, 6.07) is 21.7. The molecule has 4 rings (SSSR count). The average molecular weight is 725 g/mol. The first-order valence-corrected chi connectivity index (χ1v) is 19.4. The molecule has 8 heteroatoms. The lowest BCUT2D eigenvalue weighted by atomic mass is 10.0. The molecule has 1 aliphatic heterocycles. The van der Waals surface area contributed by atoms with Gasteiger partial charge in [-0.2, -0.15) is 0 Å². The molecule has 1 heterocycles. The fourth-order valence-electron chi connectivity index (χ4n) is 6.26. The molecule has 284 valence electrons. The van der Waals surface area contributed by atoms with E-state index < -0.39 is 18.2 Å². The van der Waals surface area contributed by atoms with Gasteiger partial charge in [0, 0.05) is 24.5 Å². The van der Waals surface area contributed by atoms with Crippen molar-refractivity contribution in [2.45, 2.75) is 129 Å². The molecule has 0 aromatic heterocycles. The van der Waals surface area contributed by atoms with Gasteiger partial charge in [-0.3, -0.25) is 0 Å². The third-order valence-electron chi connectivity index (χ3n) is 9.36. The highest BCUT2D eigenvalue weighted by molar-refractivity contribution is 5.91. The summed E-state index contributed by atoms with van der Waals surface area (Å²) < 4.78 is 29.0. The lowest BCUT2D eigenvalue weighted by Crippen LogP contribution is -2.31. The van der Waals surface area contributed by atoms with Gasteiger partial charge in [0.15, 0.2) is 0 Å². The van der Waals surface area contributed by atoms with Crippen LogP contribution in [0.1, 0.15) is 121 Å². The van der Waals surface area contributed by atoms with E-state index in [2.05, 4.69) is 27.0 Å². The monoisotopic (exact) mass is 724 g/mol. The Kier molecular flexibility index (Phi) is 17.2. The van der Waals surface area contributed by atoms with E-state index in [0.717, 1.165) is 55.7 Å². The van der Waals surface area contributed by atoms with Gasteiger partial charge in [0.2, 0.25) is 6.29 Å². The second kappa shape index (κ2) is 22.3. The number of cyclic esters (lactones) is 1. The van der Waals surface area contributed by atoms with Crippen LogP contribution in [0.4, 0.5) is 0 Å². The Morgan fingerprint density at radius 2 is 1.23 bits per heavy atom. The fraction of sp³-hybridized carbons (Fsp3) is 0.444.